The van der Waals surface area contributed by atoms with Gasteiger partial charge in [-0.2, -0.15) is 5.10 Å². The summed E-state index contributed by atoms with van der Waals surface area (Å²) in [6, 6.07) is 8.48. The first-order valence-electron chi connectivity index (χ1n) is 8.26. The Hall–Kier alpha value is -1.13. The highest BCUT2D eigenvalue weighted by atomic mass is 28.4. The van der Waals surface area contributed by atoms with Gasteiger partial charge in [0.2, 0.25) is 0 Å². The highest BCUT2D eigenvalue weighted by Crippen LogP contribution is 2.37. The second kappa shape index (κ2) is 6.55. The Bertz CT molecular complexity index is 546. The third-order valence-electron chi connectivity index (χ3n) is 5.32. The van der Waals surface area contributed by atoms with Crippen molar-refractivity contribution in [2.24, 2.45) is 16.9 Å². The summed E-state index contributed by atoms with van der Waals surface area (Å²) in [5, 5.41) is 4.37. The highest BCUT2D eigenvalue weighted by molar-refractivity contribution is 6.74. The van der Waals surface area contributed by atoms with E-state index in [1.54, 1.807) is 0 Å². The van der Waals surface area contributed by atoms with Gasteiger partial charge in [-0.3, -0.25) is 0 Å². The lowest BCUT2D eigenvalue weighted by Gasteiger charge is -2.37. The van der Waals surface area contributed by atoms with Crippen molar-refractivity contribution < 1.29 is 4.43 Å². The van der Waals surface area contributed by atoms with Crippen LogP contribution in [0.15, 0.2) is 29.4 Å². The molecule has 1 aliphatic carbocycles. The number of hydrogen-bond donors (Lipinski definition) is 1. The van der Waals surface area contributed by atoms with Crippen LogP contribution in [0.1, 0.15) is 44.7 Å². The maximum atomic E-state index is 6.32. The smallest absolute Gasteiger partial charge is 0.191 e. The predicted molar refractivity (Wildman–Crippen MR) is 96.7 cm³/mol. The van der Waals surface area contributed by atoms with Gasteiger partial charge in [0.1, 0.15) is 0 Å². The van der Waals surface area contributed by atoms with Crippen LogP contribution in [-0.4, -0.2) is 20.6 Å². The molecule has 0 spiro atoms. The van der Waals surface area contributed by atoms with Gasteiger partial charge in [-0.25, -0.2) is 0 Å². The van der Waals surface area contributed by atoms with Gasteiger partial charge >= 0.3 is 0 Å². The number of fused-ring (bicyclic) bond motifs is 1. The number of aryl methyl sites for hydroxylation is 1. The molecule has 22 heavy (non-hydrogen) atoms. The fourth-order valence-electron chi connectivity index (χ4n) is 2.80. The second-order valence-electron chi connectivity index (χ2n) is 7.80. The van der Waals surface area contributed by atoms with Crippen molar-refractivity contribution in [3.05, 3.63) is 35.4 Å². The molecular weight excluding hydrogens is 288 g/mol. The standard InChI is InChI=1S/C18H30N2OSi/c1-18(2,3)22(4,5)21-13-12-15-11-10-14-8-6-7-9-16(14)17(15)20-19/h6-9,15H,10-13,19H2,1-5H3/b20-17+. The first-order chi connectivity index (χ1) is 10.3. The molecule has 0 fully saturated rings. The van der Waals surface area contributed by atoms with Crippen molar-refractivity contribution in [3.63, 3.8) is 0 Å². The van der Waals surface area contributed by atoms with Crippen LogP contribution in [0.5, 0.6) is 0 Å². The lowest BCUT2D eigenvalue weighted by Crippen LogP contribution is -2.41. The maximum absolute atomic E-state index is 6.32. The summed E-state index contributed by atoms with van der Waals surface area (Å²) in [5.41, 5.74) is 3.66. The number of hydrazone groups is 1. The van der Waals surface area contributed by atoms with Crippen LogP contribution >= 0.6 is 0 Å². The Balaban J connectivity index is 2.00. The third kappa shape index (κ3) is 3.61. The van der Waals surface area contributed by atoms with Gasteiger partial charge in [0.25, 0.3) is 0 Å². The first kappa shape index (κ1) is 17.2. The summed E-state index contributed by atoms with van der Waals surface area (Å²) in [5.74, 6) is 6.11. The van der Waals surface area contributed by atoms with Gasteiger partial charge in [-0.05, 0) is 43.0 Å². The number of nitrogens with zero attached hydrogens (tertiary/aromatic N) is 1. The van der Waals surface area contributed by atoms with E-state index in [2.05, 4.69) is 63.2 Å². The highest BCUT2D eigenvalue weighted by Gasteiger charge is 2.37. The Morgan fingerprint density at radius 3 is 2.59 bits per heavy atom. The molecule has 0 radical (unpaired) electrons. The lowest BCUT2D eigenvalue weighted by molar-refractivity contribution is 0.267. The van der Waals surface area contributed by atoms with Crippen molar-refractivity contribution in [2.45, 2.75) is 58.2 Å². The summed E-state index contributed by atoms with van der Waals surface area (Å²) in [6.45, 7) is 12.3. The zero-order chi connectivity index (χ0) is 16.4. The van der Waals surface area contributed by atoms with Crippen LogP contribution in [0, 0.1) is 5.92 Å². The minimum Gasteiger partial charge on any atom is -0.417 e. The summed E-state index contributed by atoms with van der Waals surface area (Å²) in [4.78, 5) is 0. The Morgan fingerprint density at radius 2 is 1.95 bits per heavy atom. The lowest BCUT2D eigenvalue weighted by atomic mass is 9.81. The molecule has 4 heteroatoms. The molecular formula is C18H30N2OSi. The number of rotatable bonds is 4. The predicted octanol–water partition coefficient (Wildman–Crippen LogP) is 4.32. The molecule has 0 amide bonds. The van der Waals surface area contributed by atoms with Crippen LogP contribution in [-0.2, 0) is 10.8 Å². The van der Waals surface area contributed by atoms with E-state index in [1.165, 1.54) is 11.1 Å². The van der Waals surface area contributed by atoms with Crippen LogP contribution < -0.4 is 5.84 Å². The van der Waals surface area contributed by atoms with E-state index in [4.69, 9.17) is 10.3 Å². The molecule has 1 aromatic carbocycles. The Kier molecular flexibility index (Phi) is 5.13. The molecule has 0 bridgehead atoms. The molecule has 2 rings (SSSR count). The fraction of sp³-hybridized carbons (Fsp3) is 0.611. The van der Waals surface area contributed by atoms with Gasteiger partial charge < -0.3 is 10.3 Å². The van der Waals surface area contributed by atoms with E-state index in [-0.39, 0.29) is 5.04 Å². The van der Waals surface area contributed by atoms with Gasteiger partial charge in [-0.1, -0.05) is 45.0 Å². The molecule has 1 atom stereocenters. The summed E-state index contributed by atoms with van der Waals surface area (Å²) >= 11 is 0. The van der Waals surface area contributed by atoms with Gasteiger partial charge in [0.05, 0.1) is 5.71 Å². The van der Waals surface area contributed by atoms with Crippen molar-refractivity contribution in [1.82, 2.24) is 0 Å². The van der Waals surface area contributed by atoms with E-state index in [0.717, 1.165) is 31.6 Å². The monoisotopic (exact) mass is 318 g/mol. The molecule has 1 unspecified atom stereocenters. The molecule has 2 N–H and O–H groups in total. The van der Waals surface area contributed by atoms with Crippen LogP contribution in [0.25, 0.3) is 0 Å². The molecule has 122 valence electrons. The fourth-order valence-corrected chi connectivity index (χ4v) is 3.86. The van der Waals surface area contributed by atoms with Gasteiger partial charge in [0, 0.05) is 18.1 Å². The average molecular weight is 319 g/mol. The summed E-state index contributed by atoms with van der Waals surface area (Å²) < 4.78 is 6.32. The quantitative estimate of drug-likeness (QED) is 0.510. The molecule has 0 saturated carbocycles. The Labute approximate surface area is 136 Å². The third-order valence-corrected chi connectivity index (χ3v) is 9.85. The van der Waals surface area contributed by atoms with Crippen molar-refractivity contribution in [2.75, 3.05) is 6.61 Å². The zero-order valence-corrected chi connectivity index (χ0v) is 15.6. The van der Waals surface area contributed by atoms with Crippen LogP contribution in [0.4, 0.5) is 0 Å². The first-order valence-corrected chi connectivity index (χ1v) is 11.2. The minimum absolute atomic E-state index is 0.261. The van der Waals surface area contributed by atoms with Gasteiger partial charge in [-0.15, -0.1) is 0 Å². The second-order valence-corrected chi connectivity index (χ2v) is 12.6. The van der Waals surface area contributed by atoms with E-state index in [0.29, 0.717) is 5.92 Å². The van der Waals surface area contributed by atoms with E-state index < -0.39 is 8.32 Å². The van der Waals surface area contributed by atoms with Crippen LogP contribution in [0.2, 0.25) is 18.1 Å². The molecule has 0 heterocycles. The minimum atomic E-state index is -1.66. The summed E-state index contributed by atoms with van der Waals surface area (Å²) in [6.07, 6.45) is 3.24. The van der Waals surface area contributed by atoms with E-state index in [9.17, 15) is 0 Å². The molecule has 0 saturated heterocycles. The van der Waals surface area contributed by atoms with E-state index >= 15 is 0 Å². The number of benzene rings is 1. The largest absolute Gasteiger partial charge is 0.417 e. The normalized spacial score (nSPS) is 21.0. The van der Waals surface area contributed by atoms with Crippen molar-refractivity contribution >= 4 is 14.0 Å². The molecule has 1 aromatic rings. The average Bonchev–Trinajstić information content (AvgIpc) is 2.45. The maximum Gasteiger partial charge on any atom is 0.191 e. The van der Waals surface area contributed by atoms with Crippen LogP contribution in [0.3, 0.4) is 0 Å². The molecule has 1 aliphatic rings. The van der Waals surface area contributed by atoms with Crippen molar-refractivity contribution in [3.8, 4) is 0 Å². The number of hydrogen-bond acceptors (Lipinski definition) is 3. The SMILES string of the molecule is CC(C)(C)[Si](C)(C)OCCC1CCc2ccccc2/C1=N/N. The Morgan fingerprint density at radius 1 is 1.27 bits per heavy atom. The summed E-state index contributed by atoms with van der Waals surface area (Å²) in [7, 11) is -1.66. The molecule has 0 aliphatic heterocycles. The zero-order valence-electron chi connectivity index (χ0n) is 14.6. The van der Waals surface area contributed by atoms with Crippen molar-refractivity contribution in [1.29, 1.82) is 0 Å². The molecule has 3 nitrogen and oxygen atoms in total. The molecule has 0 aromatic heterocycles. The topological polar surface area (TPSA) is 47.6 Å². The number of nitrogens with two attached hydrogens (primary N) is 1. The van der Waals surface area contributed by atoms with E-state index in [1.807, 2.05) is 0 Å². The van der Waals surface area contributed by atoms with Gasteiger partial charge in [0.15, 0.2) is 8.32 Å².